The molecule has 0 spiro atoms. The Morgan fingerprint density at radius 3 is 2.57 bits per heavy atom. The summed E-state index contributed by atoms with van der Waals surface area (Å²) in [5.41, 5.74) is 2.73. The summed E-state index contributed by atoms with van der Waals surface area (Å²) in [6.07, 6.45) is 0.249. The molecule has 2 heterocycles. The van der Waals surface area contributed by atoms with Gasteiger partial charge in [0.15, 0.2) is 5.76 Å². The van der Waals surface area contributed by atoms with Crippen LogP contribution < -0.4 is 9.64 Å². The molecule has 0 unspecified atom stereocenters. The second kappa shape index (κ2) is 8.17. The number of aromatic nitrogens is 1. The molecule has 1 amide bonds. The lowest BCUT2D eigenvalue weighted by Crippen LogP contribution is -2.49. The maximum absolute atomic E-state index is 12.7. The number of anilines is 1. The zero-order valence-electron chi connectivity index (χ0n) is 15.9. The fourth-order valence-corrected chi connectivity index (χ4v) is 3.43. The number of amides is 1. The van der Waals surface area contributed by atoms with Gasteiger partial charge < -0.3 is 19.1 Å². The fraction of sp³-hybridized carbons (Fsp3) is 0.273. The first-order chi connectivity index (χ1) is 13.7. The van der Waals surface area contributed by atoms with Crippen molar-refractivity contribution < 1.29 is 14.1 Å². The third-order valence-corrected chi connectivity index (χ3v) is 5.00. The van der Waals surface area contributed by atoms with Crippen molar-refractivity contribution in [3.8, 4) is 17.1 Å². The third-order valence-electron chi connectivity index (χ3n) is 5.00. The van der Waals surface area contributed by atoms with Gasteiger partial charge in [0.2, 0.25) is 5.91 Å². The van der Waals surface area contributed by atoms with Crippen LogP contribution in [0.3, 0.4) is 0 Å². The van der Waals surface area contributed by atoms with Crippen LogP contribution in [-0.2, 0) is 11.2 Å². The molecule has 0 N–H and O–H groups in total. The van der Waals surface area contributed by atoms with Crippen molar-refractivity contribution in [1.82, 2.24) is 10.1 Å². The number of methoxy groups -OCH3 is 1. The summed E-state index contributed by atoms with van der Waals surface area (Å²) in [6, 6.07) is 19.7. The molecule has 0 atom stereocenters. The Labute approximate surface area is 164 Å². The molecule has 0 saturated carbocycles. The van der Waals surface area contributed by atoms with Crippen LogP contribution >= 0.6 is 0 Å². The smallest absolute Gasteiger partial charge is 0.228 e. The number of carbonyl (C=O) groups is 1. The average Bonchev–Trinajstić information content (AvgIpc) is 3.23. The maximum atomic E-state index is 12.7. The van der Waals surface area contributed by atoms with Crippen LogP contribution in [0, 0.1) is 0 Å². The van der Waals surface area contributed by atoms with E-state index in [1.54, 1.807) is 7.11 Å². The maximum Gasteiger partial charge on any atom is 0.228 e. The van der Waals surface area contributed by atoms with Gasteiger partial charge in [0.05, 0.1) is 19.2 Å². The van der Waals surface area contributed by atoms with Gasteiger partial charge in [-0.3, -0.25) is 4.79 Å². The van der Waals surface area contributed by atoms with Crippen molar-refractivity contribution in [3.63, 3.8) is 0 Å². The van der Waals surface area contributed by atoms with E-state index in [0.29, 0.717) is 24.5 Å². The Hall–Kier alpha value is -3.28. The summed E-state index contributed by atoms with van der Waals surface area (Å²) in [4.78, 5) is 16.9. The number of ether oxygens (including phenoxy) is 1. The van der Waals surface area contributed by atoms with E-state index >= 15 is 0 Å². The van der Waals surface area contributed by atoms with Crippen molar-refractivity contribution >= 4 is 11.6 Å². The predicted octanol–water partition coefficient (Wildman–Crippen LogP) is 3.24. The molecule has 0 aliphatic carbocycles. The minimum atomic E-state index is 0.0817. The minimum absolute atomic E-state index is 0.0817. The molecule has 6 nitrogen and oxygen atoms in total. The normalized spacial score (nSPS) is 14.2. The number of rotatable bonds is 5. The van der Waals surface area contributed by atoms with Crippen LogP contribution in [0.5, 0.6) is 5.75 Å². The van der Waals surface area contributed by atoms with E-state index in [1.807, 2.05) is 53.4 Å². The van der Waals surface area contributed by atoms with Crippen LogP contribution in [0.1, 0.15) is 5.69 Å². The highest BCUT2D eigenvalue weighted by atomic mass is 16.5. The summed E-state index contributed by atoms with van der Waals surface area (Å²) in [6.45, 7) is 3.11. The summed E-state index contributed by atoms with van der Waals surface area (Å²) in [5.74, 6) is 1.47. The largest absolute Gasteiger partial charge is 0.497 e. The van der Waals surface area contributed by atoms with Gasteiger partial charge >= 0.3 is 0 Å². The molecule has 1 fully saturated rings. The van der Waals surface area contributed by atoms with E-state index in [1.165, 1.54) is 5.69 Å². The summed E-state index contributed by atoms with van der Waals surface area (Å²) < 4.78 is 10.7. The molecule has 1 aromatic heterocycles. The van der Waals surface area contributed by atoms with Gasteiger partial charge in [-0.05, 0) is 24.3 Å². The molecule has 1 saturated heterocycles. The molecule has 6 heteroatoms. The number of nitrogens with zero attached hydrogens (tertiary/aromatic N) is 3. The van der Waals surface area contributed by atoms with Crippen molar-refractivity contribution in [1.29, 1.82) is 0 Å². The first-order valence-electron chi connectivity index (χ1n) is 9.41. The van der Waals surface area contributed by atoms with Crippen molar-refractivity contribution in [2.75, 3.05) is 38.2 Å². The molecule has 3 aromatic rings. The molecular formula is C22H23N3O3. The van der Waals surface area contributed by atoms with Gasteiger partial charge in [-0.1, -0.05) is 35.5 Å². The van der Waals surface area contributed by atoms with E-state index < -0.39 is 0 Å². The summed E-state index contributed by atoms with van der Waals surface area (Å²) in [5, 5.41) is 4.07. The lowest BCUT2D eigenvalue weighted by molar-refractivity contribution is -0.130. The van der Waals surface area contributed by atoms with Gasteiger partial charge in [0.25, 0.3) is 0 Å². The Kier molecular flexibility index (Phi) is 5.28. The SMILES string of the molecule is COc1cccc(-c2cc(CC(=O)N3CCN(c4ccccc4)CC3)no2)c1. The lowest BCUT2D eigenvalue weighted by Gasteiger charge is -2.36. The molecule has 28 heavy (non-hydrogen) atoms. The molecule has 144 valence electrons. The second-order valence-electron chi connectivity index (χ2n) is 6.79. The number of para-hydroxylation sites is 1. The van der Waals surface area contributed by atoms with Crippen LogP contribution in [0.15, 0.2) is 65.2 Å². The van der Waals surface area contributed by atoms with Crippen LogP contribution in [0.4, 0.5) is 5.69 Å². The Morgan fingerprint density at radius 2 is 1.82 bits per heavy atom. The van der Waals surface area contributed by atoms with E-state index in [-0.39, 0.29) is 12.3 Å². The standard InChI is InChI=1S/C22H23N3O3/c1-27-20-9-5-6-17(14-20)21-15-18(23-28-21)16-22(26)25-12-10-24(11-13-25)19-7-3-2-4-8-19/h2-9,14-15H,10-13,16H2,1H3. The van der Waals surface area contributed by atoms with Crippen molar-refractivity contribution in [3.05, 3.63) is 66.4 Å². The Bertz CT molecular complexity index is 931. The molecular weight excluding hydrogens is 354 g/mol. The van der Waals surface area contributed by atoms with Gasteiger partial charge in [-0.25, -0.2) is 0 Å². The number of piperazine rings is 1. The highest BCUT2D eigenvalue weighted by molar-refractivity contribution is 5.79. The highest BCUT2D eigenvalue weighted by Crippen LogP contribution is 2.25. The predicted molar refractivity (Wildman–Crippen MR) is 107 cm³/mol. The first-order valence-corrected chi connectivity index (χ1v) is 9.41. The van der Waals surface area contributed by atoms with Crippen LogP contribution in [0.2, 0.25) is 0 Å². The first kappa shape index (κ1) is 18.1. The molecule has 1 aliphatic rings. The van der Waals surface area contributed by atoms with Gasteiger partial charge in [0.1, 0.15) is 5.75 Å². The van der Waals surface area contributed by atoms with Crippen LogP contribution in [0.25, 0.3) is 11.3 Å². The Morgan fingerprint density at radius 1 is 1.04 bits per heavy atom. The van der Waals surface area contributed by atoms with E-state index in [4.69, 9.17) is 9.26 Å². The van der Waals surface area contributed by atoms with Crippen molar-refractivity contribution in [2.24, 2.45) is 0 Å². The topological polar surface area (TPSA) is 58.8 Å². The fourth-order valence-electron chi connectivity index (χ4n) is 3.43. The van der Waals surface area contributed by atoms with E-state index in [2.05, 4.69) is 22.2 Å². The number of carbonyl (C=O) groups excluding carboxylic acids is 1. The van der Waals surface area contributed by atoms with E-state index in [9.17, 15) is 4.79 Å². The monoisotopic (exact) mass is 377 g/mol. The quantitative estimate of drug-likeness (QED) is 0.683. The van der Waals surface area contributed by atoms with E-state index in [0.717, 1.165) is 24.4 Å². The molecule has 4 rings (SSSR count). The molecule has 0 radical (unpaired) electrons. The number of hydrogen-bond donors (Lipinski definition) is 0. The average molecular weight is 377 g/mol. The van der Waals surface area contributed by atoms with Gasteiger partial charge in [-0.2, -0.15) is 0 Å². The number of hydrogen-bond acceptors (Lipinski definition) is 5. The molecule has 0 bridgehead atoms. The van der Waals surface area contributed by atoms with Gasteiger partial charge in [0, 0.05) is 43.5 Å². The minimum Gasteiger partial charge on any atom is -0.497 e. The molecule has 2 aromatic carbocycles. The summed E-state index contributed by atoms with van der Waals surface area (Å²) in [7, 11) is 1.63. The summed E-state index contributed by atoms with van der Waals surface area (Å²) >= 11 is 0. The second-order valence-corrected chi connectivity index (χ2v) is 6.79. The van der Waals surface area contributed by atoms with Crippen LogP contribution in [-0.4, -0.2) is 49.3 Å². The Balaban J connectivity index is 1.35. The number of benzene rings is 2. The zero-order chi connectivity index (χ0) is 19.3. The lowest BCUT2D eigenvalue weighted by atomic mass is 10.1. The molecule has 1 aliphatic heterocycles. The van der Waals surface area contributed by atoms with Gasteiger partial charge in [-0.15, -0.1) is 0 Å². The van der Waals surface area contributed by atoms with Crippen molar-refractivity contribution in [2.45, 2.75) is 6.42 Å². The zero-order valence-corrected chi connectivity index (χ0v) is 15.9. The highest BCUT2D eigenvalue weighted by Gasteiger charge is 2.22. The third kappa shape index (κ3) is 4.01.